The molecule has 17 heteroatoms. The molecule has 0 radical (unpaired) electrons. The Bertz CT molecular complexity index is 1110. The van der Waals surface area contributed by atoms with E-state index in [0.29, 0.717) is 6.42 Å². The lowest BCUT2D eigenvalue weighted by molar-refractivity contribution is -0.339. The van der Waals surface area contributed by atoms with Gasteiger partial charge < -0.3 is 59.6 Å². The standard InChI is InChI=1S/C33H55NO16/c1-5-18-12-19(31(43)50-44-4)13-20(28(18)49-33-27(40)26(39)24(37)15(2)45-33)47-32-23(34-16(3)36)29(25(38)22(14-35)48-32)46-21(30(41)42)11-17-9-7-6-8-10-17/h15,17-29,32-33,35,37-40H,5-14H2,1-4H3,(H,34,36)(H,41,42)/t15?,18?,19?,20-,21+,22+,23?,24-,25+,26+,27?,28-,29?,32-,33+/m1/s1. The third-order valence-corrected chi connectivity index (χ3v) is 10.5. The maximum atomic E-state index is 12.9. The molecule has 1 amide bonds. The average molecular weight is 722 g/mol. The van der Waals surface area contributed by atoms with Crippen molar-refractivity contribution in [3.05, 3.63) is 0 Å². The predicted octanol–water partition coefficient (Wildman–Crippen LogP) is -0.483. The fourth-order valence-electron chi connectivity index (χ4n) is 7.70. The summed E-state index contributed by atoms with van der Waals surface area (Å²) < 4.78 is 30.6. The summed E-state index contributed by atoms with van der Waals surface area (Å²) in [6, 6.07) is -1.29. The molecule has 0 aromatic heterocycles. The molecule has 0 aromatic rings. The van der Waals surface area contributed by atoms with Crippen LogP contribution >= 0.6 is 0 Å². The van der Waals surface area contributed by atoms with Gasteiger partial charge in [-0.3, -0.25) is 9.68 Å². The van der Waals surface area contributed by atoms with Gasteiger partial charge in [0.05, 0.1) is 37.9 Å². The highest BCUT2D eigenvalue weighted by molar-refractivity contribution is 5.74. The van der Waals surface area contributed by atoms with Crippen LogP contribution in [-0.4, -0.2) is 142 Å². The normalized spacial score (nSPS) is 40.5. The third kappa shape index (κ3) is 9.89. The Morgan fingerprint density at radius 3 is 2.20 bits per heavy atom. The number of aliphatic hydroxyl groups is 5. The van der Waals surface area contributed by atoms with Gasteiger partial charge in [-0.1, -0.05) is 45.4 Å². The number of carboxylic acid groups (broad SMARTS) is 1. The van der Waals surface area contributed by atoms with Crippen molar-refractivity contribution >= 4 is 17.8 Å². The van der Waals surface area contributed by atoms with E-state index in [1.807, 2.05) is 6.92 Å². The minimum atomic E-state index is -1.64. The Kier molecular flexibility index (Phi) is 15.2. The van der Waals surface area contributed by atoms with E-state index in [1.165, 1.54) is 21.0 Å². The Labute approximate surface area is 291 Å². The number of carbonyl (C=O) groups is 3. The summed E-state index contributed by atoms with van der Waals surface area (Å²) in [5.41, 5.74) is 0. The number of ether oxygens (including phenoxy) is 5. The molecule has 6 unspecified atom stereocenters. The van der Waals surface area contributed by atoms with E-state index in [2.05, 4.69) is 10.2 Å². The molecule has 2 aliphatic carbocycles. The zero-order valence-corrected chi connectivity index (χ0v) is 29.1. The molecule has 15 atom stereocenters. The number of rotatable bonds is 14. The van der Waals surface area contributed by atoms with Crippen LogP contribution in [0, 0.1) is 17.8 Å². The van der Waals surface area contributed by atoms with Crippen molar-refractivity contribution < 1.29 is 78.5 Å². The number of aliphatic hydroxyl groups excluding tert-OH is 5. The van der Waals surface area contributed by atoms with Gasteiger partial charge in [0.1, 0.15) is 42.7 Å². The molecule has 0 spiro atoms. The zero-order chi connectivity index (χ0) is 36.7. The van der Waals surface area contributed by atoms with Crippen LogP contribution in [-0.2, 0) is 47.8 Å². The lowest BCUT2D eigenvalue weighted by Crippen LogP contribution is -2.67. The highest BCUT2D eigenvalue weighted by Crippen LogP contribution is 2.40. The first-order chi connectivity index (χ1) is 23.8. The van der Waals surface area contributed by atoms with Crippen LogP contribution in [0.1, 0.15) is 78.6 Å². The second kappa shape index (κ2) is 18.6. The van der Waals surface area contributed by atoms with Gasteiger partial charge in [0.2, 0.25) is 5.91 Å². The van der Waals surface area contributed by atoms with Gasteiger partial charge in [-0.05, 0) is 38.0 Å². The molecule has 4 fully saturated rings. The number of carbonyl (C=O) groups excluding carboxylic acids is 2. The second-order valence-corrected chi connectivity index (χ2v) is 14.0. The molecule has 4 aliphatic rings. The van der Waals surface area contributed by atoms with Crippen molar-refractivity contribution in [2.75, 3.05) is 13.7 Å². The van der Waals surface area contributed by atoms with Crippen molar-refractivity contribution in [3.8, 4) is 0 Å². The number of carboxylic acids is 1. The largest absolute Gasteiger partial charge is 0.479 e. The highest BCUT2D eigenvalue weighted by Gasteiger charge is 2.53. The number of amides is 1. The van der Waals surface area contributed by atoms with Crippen molar-refractivity contribution in [3.63, 3.8) is 0 Å². The molecule has 2 heterocycles. The van der Waals surface area contributed by atoms with E-state index < -0.39 is 116 Å². The van der Waals surface area contributed by atoms with Gasteiger partial charge in [-0.25, -0.2) is 9.59 Å². The molecule has 7 N–H and O–H groups in total. The molecule has 288 valence electrons. The minimum absolute atomic E-state index is 0.0448. The predicted molar refractivity (Wildman–Crippen MR) is 169 cm³/mol. The smallest absolute Gasteiger partial charge is 0.345 e. The van der Waals surface area contributed by atoms with Crippen molar-refractivity contribution in [1.82, 2.24) is 5.32 Å². The summed E-state index contributed by atoms with van der Waals surface area (Å²) in [6.07, 6.45) is -10.5. The molecule has 0 aromatic carbocycles. The van der Waals surface area contributed by atoms with Crippen LogP contribution in [0.15, 0.2) is 0 Å². The molecule has 2 saturated carbocycles. The monoisotopic (exact) mass is 721 g/mol. The minimum Gasteiger partial charge on any atom is -0.479 e. The van der Waals surface area contributed by atoms with Gasteiger partial charge in [-0.15, -0.1) is 0 Å². The van der Waals surface area contributed by atoms with Crippen LogP contribution in [0.2, 0.25) is 0 Å². The van der Waals surface area contributed by atoms with Crippen LogP contribution in [0.4, 0.5) is 0 Å². The van der Waals surface area contributed by atoms with Crippen molar-refractivity contribution in [1.29, 1.82) is 0 Å². The summed E-state index contributed by atoms with van der Waals surface area (Å²) in [4.78, 5) is 47.3. The number of hydrogen-bond acceptors (Lipinski definition) is 15. The Morgan fingerprint density at radius 1 is 0.900 bits per heavy atom. The highest BCUT2D eigenvalue weighted by atomic mass is 17.2. The molecular formula is C33H55NO16. The lowest BCUT2D eigenvalue weighted by Gasteiger charge is -2.49. The lowest BCUT2D eigenvalue weighted by atomic mass is 9.76. The van der Waals surface area contributed by atoms with Gasteiger partial charge in [0, 0.05) is 6.92 Å². The molecule has 0 bridgehead atoms. The van der Waals surface area contributed by atoms with E-state index in [0.717, 1.165) is 32.1 Å². The fraction of sp³-hybridized carbons (Fsp3) is 0.909. The Morgan fingerprint density at radius 2 is 1.60 bits per heavy atom. The third-order valence-electron chi connectivity index (χ3n) is 10.5. The van der Waals surface area contributed by atoms with Crippen LogP contribution in [0.25, 0.3) is 0 Å². The number of hydrogen-bond donors (Lipinski definition) is 7. The van der Waals surface area contributed by atoms with Crippen LogP contribution in [0.3, 0.4) is 0 Å². The topological polar surface area (TPSA) is 249 Å². The van der Waals surface area contributed by atoms with Gasteiger partial charge in [0.15, 0.2) is 18.7 Å². The SMILES string of the molecule is CCC1CC(C(=O)OOC)C[C@@H](O[C@@H]2O[C@@H](CO)[C@H](O)C(O[C@@H](CC3CCCCC3)C(=O)O)C2NC(C)=O)[C@@H]1O[C@@H]1OC(C)[C@@H](O)[C@H](O)C1O. The maximum absolute atomic E-state index is 12.9. The van der Waals surface area contributed by atoms with Crippen LogP contribution in [0.5, 0.6) is 0 Å². The summed E-state index contributed by atoms with van der Waals surface area (Å²) in [5.74, 6) is -3.60. The molecule has 4 rings (SSSR count). The molecule has 2 aliphatic heterocycles. The zero-order valence-electron chi connectivity index (χ0n) is 29.1. The van der Waals surface area contributed by atoms with Gasteiger partial charge >= 0.3 is 11.9 Å². The second-order valence-electron chi connectivity index (χ2n) is 14.0. The summed E-state index contributed by atoms with van der Waals surface area (Å²) in [7, 11) is 1.19. The quantitative estimate of drug-likeness (QED) is 0.0884. The Balaban J connectivity index is 1.66. The summed E-state index contributed by atoms with van der Waals surface area (Å²) in [6.45, 7) is 3.86. The van der Waals surface area contributed by atoms with E-state index in [1.54, 1.807) is 0 Å². The average Bonchev–Trinajstić information content (AvgIpc) is 3.08. The van der Waals surface area contributed by atoms with Crippen LogP contribution < -0.4 is 5.32 Å². The molecule has 50 heavy (non-hydrogen) atoms. The maximum Gasteiger partial charge on any atom is 0.345 e. The van der Waals surface area contributed by atoms with Gasteiger partial charge in [-0.2, -0.15) is 4.89 Å². The molecule has 17 nitrogen and oxygen atoms in total. The van der Waals surface area contributed by atoms with Crippen molar-refractivity contribution in [2.24, 2.45) is 17.8 Å². The molecular weight excluding hydrogens is 666 g/mol. The number of nitrogens with one attached hydrogen (secondary N) is 1. The first-order valence-electron chi connectivity index (χ1n) is 17.6. The van der Waals surface area contributed by atoms with E-state index >= 15 is 0 Å². The summed E-state index contributed by atoms with van der Waals surface area (Å²) in [5, 5.41) is 65.8. The first kappa shape index (κ1) is 40.7. The first-order valence-corrected chi connectivity index (χ1v) is 17.6. The van der Waals surface area contributed by atoms with Crippen molar-refractivity contribution in [2.45, 2.75) is 158 Å². The number of aliphatic carboxylic acids is 1. The summed E-state index contributed by atoms with van der Waals surface area (Å²) >= 11 is 0. The van der Waals surface area contributed by atoms with Gasteiger partial charge in [0.25, 0.3) is 0 Å². The van der Waals surface area contributed by atoms with E-state index in [9.17, 15) is 45.0 Å². The molecule has 2 saturated heterocycles. The Hall–Kier alpha value is -2.03. The van der Waals surface area contributed by atoms with E-state index in [4.69, 9.17) is 28.6 Å². The fourth-order valence-corrected chi connectivity index (χ4v) is 7.70. The van der Waals surface area contributed by atoms with E-state index in [-0.39, 0.29) is 25.2 Å².